The zero-order valence-corrected chi connectivity index (χ0v) is 7.69. The van der Waals surface area contributed by atoms with Crippen LogP contribution < -0.4 is 5.32 Å². The average Bonchev–Trinajstić information content (AvgIpc) is 2.03. The van der Waals surface area contributed by atoms with Crippen molar-refractivity contribution in [2.45, 2.75) is 11.8 Å². The van der Waals surface area contributed by atoms with Crippen LogP contribution in [0.5, 0.6) is 0 Å². The van der Waals surface area contributed by atoms with Crippen LogP contribution in [-0.4, -0.2) is 39.9 Å². The van der Waals surface area contributed by atoms with E-state index in [-0.39, 0.29) is 13.2 Å². The van der Waals surface area contributed by atoms with E-state index in [0.29, 0.717) is 6.54 Å². The van der Waals surface area contributed by atoms with Gasteiger partial charge in [0.25, 0.3) is 0 Å². The SMILES string of the molecule is O=S(=O)(OC1CNCCO1)C(F)(F)F. The van der Waals surface area contributed by atoms with E-state index in [9.17, 15) is 21.6 Å². The summed E-state index contributed by atoms with van der Waals surface area (Å²) >= 11 is 0. The summed E-state index contributed by atoms with van der Waals surface area (Å²) in [6, 6.07) is 0. The van der Waals surface area contributed by atoms with E-state index in [0.717, 1.165) is 0 Å². The summed E-state index contributed by atoms with van der Waals surface area (Å²) < 4.78 is 64.8. The Kier molecular flexibility index (Phi) is 3.35. The fourth-order valence-electron chi connectivity index (χ4n) is 0.799. The normalized spacial score (nSPS) is 24.9. The largest absolute Gasteiger partial charge is 0.523 e. The predicted molar refractivity (Wildman–Crippen MR) is 38.7 cm³/mol. The van der Waals surface area contributed by atoms with E-state index >= 15 is 0 Å². The molecular weight excluding hydrogens is 227 g/mol. The lowest BCUT2D eigenvalue weighted by atomic mass is 10.5. The van der Waals surface area contributed by atoms with Gasteiger partial charge in [0, 0.05) is 13.1 Å². The van der Waals surface area contributed by atoms with Gasteiger partial charge in [-0.05, 0) is 0 Å². The van der Waals surface area contributed by atoms with Crippen molar-refractivity contribution in [1.29, 1.82) is 0 Å². The second-order valence-electron chi connectivity index (χ2n) is 2.50. The molecule has 1 fully saturated rings. The van der Waals surface area contributed by atoms with Gasteiger partial charge in [-0.1, -0.05) is 0 Å². The third-order valence-corrected chi connectivity index (χ3v) is 2.45. The molecule has 1 aliphatic rings. The topological polar surface area (TPSA) is 64.6 Å². The van der Waals surface area contributed by atoms with Crippen molar-refractivity contribution in [2.75, 3.05) is 19.7 Å². The van der Waals surface area contributed by atoms with Crippen molar-refractivity contribution in [3.05, 3.63) is 0 Å². The molecule has 0 aliphatic carbocycles. The molecule has 0 aromatic carbocycles. The molecule has 1 heterocycles. The Bertz CT molecular complexity index is 282. The van der Waals surface area contributed by atoms with Crippen LogP contribution in [0.25, 0.3) is 0 Å². The number of hydrogen-bond acceptors (Lipinski definition) is 5. The highest BCUT2D eigenvalue weighted by atomic mass is 32.2. The van der Waals surface area contributed by atoms with Gasteiger partial charge in [-0.15, -0.1) is 0 Å². The standard InChI is InChI=1S/C5H8F3NO4S/c6-5(7,8)14(10,11)13-4-3-9-1-2-12-4/h4,9H,1-3H2. The molecule has 1 aliphatic heterocycles. The molecule has 14 heavy (non-hydrogen) atoms. The summed E-state index contributed by atoms with van der Waals surface area (Å²) in [5.41, 5.74) is -5.41. The van der Waals surface area contributed by atoms with Crippen molar-refractivity contribution in [1.82, 2.24) is 5.32 Å². The van der Waals surface area contributed by atoms with Gasteiger partial charge in [-0.2, -0.15) is 21.6 Å². The molecule has 1 atom stereocenters. The maximum atomic E-state index is 11.8. The Morgan fingerprint density at radius 1 is 1.43 bits per heavy atom. The van der Waals surface area contributed by atoms with Gasteiger partial charge in [0.05, 0.1) is 6.61 Å². The molecule has 0 radical (unpaired) electrons. The van der Waals surface area contributed by atoms with Gasteiger partial charge in [-0.25, -0.2) is 4.18 Å². The summed E-state index contributed by atoms with van der Waals surface area (Å²) in [6.07, 6.45) is -1.41. The smallest absolute Gasteiger partial charge is 0.349 e. The number of hydrogen-bond donors (Lipinski definition) is 1. The molecule has 0 spiro atoms. The van der Waals surface area contributed by atoms with Gasteiger partial charge in [-0.3, -0.25) is 0 Å². The molecule has 1 N–H and O–H groups in total. The van der Waals surface area contributed by atoms with Crippen molar-refractivity contribution in [2.24, 2.45) is 0 Å². The van der Waals surface area contributed by atoms with Crippen molar-refractivity contribution in [3.63, 3.8) is 0 Å². The van der Waals surface area contributed by atoms with Crippen molar-refractivity contribution in [3.8, 4) is 0 Å². The monoisotopic (exact) mass is 235 g/mol. The minimum Gasteiger partial charge on any atom is -0.349 e. The molecule has 1 rings (SSSR count). The van der Waals surface area contributed by atoms with Gasteiger partial charge in [0.1, 0.15) is 0 Å². The molecule has 9 heteroatoms. The molecule has 0 aromatic rings. The third-order valence-electron chi connectivity index (χ3n) is 1.41. The van der Waals surface area contributed by atoms with Crippen LogP contribution in [0.15, 0.2) is 0 Å². The minimum atomic E-state index is -5.56. The fraction of sp³-hybridized carbons (Fsp3) is 1.00. The first kappa shape index (κ1) is 11.7. The van der Waals surface area contributed by atoms with Crippen molar-refractivity contribution >= 4 is 10.1 Å². The van der Waals surface area contributed by atoms with Crippen molar-refractivity contribution < 1.29 is 30.5 Å². The first-order valence-electron chi connectivity index (χ1n) is 3.65. The number of nitrogens with one attached hydrogen (secondary N) is 1. The number of alkyl halides is 3. The second-order valence-corrected chi connectivity index (χ2v) is 4.06. The Balaban J connectivity index is 2.58. The fourth-order valence-corrected chi connectivity index (χ4v) is 1.31. The Hall–Kier alpha value is -0.380. The quantitative estimate of drug-likeness (QED) is 0.530. The van der Waals surface area contributed by atoms with Gasteiger partial charge >= 0.3 is 15.6 Å². The second kappa shape index (κ2) is 4.01. The lowest BCUT2D eigenvalue weighted by molar-refractivity contribution is -0.113. The first-order chi connectivity index (χ1) is 6.33. The summed E-state index contributed by atoms with van der Waals surface area (Å²) in [4.78, 5) is 0. The zero-order chi connectivity index (χ0) is 10.8. The Morgan fingerprint density at radius 2 is 2.07 bits per heavy atom. The van der Waals surface area contributed by atoms with E-state index in [1.54, 1.807) is 0 Å². The van der Waals surface area contributed by atoms with Crippen LogP contribution in [0.1, 0.15) is 0 Å². The number of ether oxygens (including phenoxy) is 1. The van der Waals surface area contributed by atoms with Crippen LogP contribution in [0.2, 0.25) is 0 Å². The van der Waals surface area contributed by atoms with Gasteiger partial charge in [0.15, 0.2) is 6.29 Å². The lowest BCUT2D eigenvalue weighted by Crippen LogP contribution is -2.43. The van der Waals surface area contributed by atoms with Gasteiger partial charge in [0.2, 0.25) is 0 Å². The summed E-state index contributed by atoms with van der Waals surface area (Å²) in [6.45, 7) is 0.472. The summed E-state index contributed by atoms with van der Waals surface area (Å²) in [5.74, 6) is 0. The molecule has 1 unspecified atom stereocenters. The van der Waals surface area contributed by atoms with E-state index in [2.05, 4.69) is 14.2 Å². The van der Waals surface area contributed by atoms with Crippen LogP contribution in [-0.2, 0) is 19.0 Å². The van der Waals surface area contributed by atoms with Crippen LogP contribution in [0.4, 0.5) is 13.2 Å². The highest BCUT2D eigenvalue weighted by Gasteiger charge is 2.49. The van der Waals surface area contributed by atoms with Crippen LogP contribution in [0.3, 0.4) is 0 Å². The predicted octanol–water partition coefficient (Wildman–Crippen LogP) is -0.202. The van der Waals surface area contributed by atoms with E-state index < -0.39 is 21.9 Å². The first-order valence-corrected chi connectivity index (χ1v) is 5.05. The lowest BCUT2D eigenvalue weighted by Gasteiger charge is -2.23. The molecule has 0 aromatic heterocycles. The highest BCUT2D eigenvalue weighted by molar-refractivity contribution is 7.87. The third kappa shape index (κ3) is 2.80. The van der Waals surface area contributed by atoms with Crippen LogP contribution in [0, 0.1) is 0 Å². The van der Waals surface area contributed by atoms with E-state index in [1.807, 2.05) is 0 Å². The van der Waals surface area contributed by atoms with Crippen LogP contribution >= 0.6 is 0 Å². The molecule has 0 saturated carbocycles. The van der Waals surface area contributed by atoms with E-state index in [1.165, 1.54) is 0 Å². The zero-order valence-electron chi connectivity index (χ0n) is 6.87. The minimum absolute atomic E-state index is 0.0880. The number of halogens is 3. The summed E-state index contributed by atoms with van der Waals surface area (Å²) in [5, 5.41) is 2.63. The average molecular weight is 235 g/mol. The summed E-state index contributed by atoms with van der Waals surface area (Å²) in [7, 11) is -5.56. The maximum Gasteiger partial charge on any atom is 0.523 e. The Morgan fingerprint density at radius 3 is 2.50 bits per heavy atom. The molecule has 5 nitrogen and oxygen atoms in total. The molecule has 0 amide bonds. The van der Waals surface area contributed by atoms with Gasteiger partial charge < -0.3 is 10.1 Å². The number of rotatable bonds is 2. The highest BCUT2D eigenvalue weighted by Crippen LogP contribution is 2.25. The molecule has 1 saturated heterocycles. The molecule has 84 valence electrons. The molecular formula is C5H8F3NO4S. The maximum absolute atomic E-state index is 11.8. The van der Waals surface area contributed by atoms with E-state index in [4.69, 9.17) is 0 Å². The Labute approximate surface area is 78.3 Å². The number of morpholine rings is 1. The molecule has 0 bridgehead atoms.